The zero-order valence-electron chi connectivity index (χ0n) is 14.0. The number of anilines is 1. The average Bonchev–Trinajstić information content (AvgIpc) is 2.58. The molecule has 26 heavy (non-hydrogen) atoms. The summed E-state index contributed by atoms with van der Waals surface area (Å²) in [5.74, 6) is -2.24. The van der Waals surface area contributed by atoms with Crippen LogP contribution < -0.4 is 10.1 Å². The Hall–Kier alpha value is -2.78. The first-order valence-corrected chi connectivity index (χ1v) is 7.88. The van der Waals surface area contributed by atoms with Gasteiger partial charge in [-0.2, -0.15) is 13.2 Å². The number of carbonyl (C=O) groups excluding carboxylic acids is 3. The number of halogens is 3. The molecule has 0 radical (unpaired) electrons. The third kappa shape index (κ3) is 5.11. The van der Waals surface area contributed by atoms with Crippen LogP contribution in [0.15, 0.2) is 24.3 Å². The van der Waals surface area contributed by atoms with Crippen molar-refractivity contribution in [3.05, 3.63) is 24.3 Å². The molecule has 7 nitrogen and oxygen atoms in total. The van der Waals surface area contributed by atoms with Crippen molar-refractivity contribution in [2.75, 3.05) is 38.1 Å². The molecule has 3 amide bonds. The molecule has 1 saturated heterocycles. The number of rotatable bonds is 6. The number of likely N-dealkylation sites (N-methyl/N-ethyl adjacent to an activating group) is 1. The molecule has 0 unspecified atom stereocenters. The van der Waals surface area contributed by atoms with Gasteiger partial charge in [0.25, 0.3) is 0 Å². The minimum atomic E-state index is -4.51. The van der Waals surface area contributed by atoms with Crippen LogP contribution in [0, 0.1) is 0 Å². The smallest absolute Gasteiger partial charge is 0.422 e. The number of ether oxygens (including phenoxy) is 1. The first kappa shape index (κ1) is 19.5. The second kappa shape index (κ2) is 8.07. The lowest BCUT2D eigenvalue weighted by Gasteiger charge is -2.32. The fourth-order valence-corrected chi connectivity index (χ4v) is 2.39. The van der Waals surface area contributed by atoms with Gasteiger partial charge in [0, 0.05) is 19.6 Å². The molecule has 1 aliphatic heterocycles. The maximum Gasteiger partial charge on any atom is 0.422 e. The SMILES string of the molecule is CCN1CCN(CC(=O)Nc2ccccc2OCC(F)(F)F)C(=O)C1=O. The van der Waals surface area contributed by atoms with Gasteiger partial charge in [-0.15, -0.1) is 0 Å². The Morgan fingerprint density at radius 1 is 1.15 bits per heavy atom. The lowest BCUT2D eigenvalue weighted by atomic mass is 10.2. The molecule has 1 fully saturated rings. The summed E-state index contributed by atoms with van der Waals surface area (Å²) in [5.41, 5.74) is 0.0488. The zero-order valence-corrected chi connectivity index (χ0v) is 14.0. The maximum absolute atomic E-state index is 12.3. The van der Waals surface area contributed by atoms with Gasteiger partial charge in [0.15, 0.2) is 6.61 Å². The van der Waals surface area contributed by atoms with Crippen molar-refractivity contribution in [2.45, 2.75) is 13.1 Å². The van der Waals surface area contributed by atoms with E-state index in [-0.39, 0.29) is 24.5 Å². The Labute approximate surface area is 147 Å². The predicted molar refractivity (Wildman–Crippen MR) is 85.5 cm³/mol. The molecule has 0 atom stereocenters. The molecule has 1 aromatic rings. The van der Waals surface area contributed by atoms with Crippen LogP contribution in [0.2, 0.25) is 0 Å². The highest BCUT2D eigenvalue weighted by atomic mass is 19.4. The lowest BCUT2D eigenvalue weighted by Crippen LogP contribution is -2.55. The summed E-state index contributed by atoms with van der Waals surface area (Å²) in [6.07, 6.45) is -4.51. The molecule has 142 valence electrons. The first-order valence-electron chi connectivity index (χ1n) is 7.88. The molecule has 0 bridgehead atoms. The van der Waals surface area contributed by atoms with Gasteiger partial charge in [0.05, 0.1) is 5.69 Å². The number of nitrogens with zero attached hydrogens (tertiary/aromatic N) is 2. The highest BCUT2D eigenvalue weighted by Gasteiger charge is 2.33. The second-order valence-corrected chi connectivity index (χ2v) is 5.56. The predicted octanol–water partition coefficient (Wildman–Crippen LogP) is 1.26. The number of hydrogen-bond donors (Lipinski definition) is 1. The zero-order chi connectivity index (χ0) is 19.3. The van der Waals surface area contributed by atoms with Crippen LogP contribution in [0.3, 0.4) is 0 Å². The number of benzene rings is 1. The van der Waals surface area contributed by atoms with E-state index in [4.69, 9.17) is 0 Å². The number of hydrogen-bond acceptors (Lipinski definition) is 4. The lowest BCUT2D eigenvalue weighted by molar-refractivity contribution is -0.156. The average molecular weight is 373 g/mol. The van der Waals surface area contributed by atoms with Gasteiger partial charge in [0.1, 0.15) is 12.3 Å². The third-order valence-corrected chi connectivity index (χ3v) is 3.67. The topological polar surface area (TPSA) is 79.0 Å². The number of alkyl halides is 3. The van der Waals surface area contributed by atoms with Crippen LogP contribution in [0.25, 0.3) is 0 Å². The molecule has 0 saturated carbocycles. The largest absolute Gasteiger partial charge is 0.482 e. The van der Waals surface area contributed by atoms with E-state index in [0.29, 0.717) is 13.1 Å². The van der Waals surface area contributed by atoms with E-state index in [0.717, 1.165) is 4.90 Å². The Morgan fingerprint density at radius 3 is 2.42 bits per heavy atom. The summed E-state index contributed by atoms with van der Waals surface area (Å²) in [5, 5.41) is 2.40. The van der Waals surface area contributed by atoms with Crippen molar-refractivity contribution in [2.24, 2.45) is 0 Å². The molecule has 0 aromatic heterocycles. The summed E-state index contributed by atoms with van der Waals surface area (Å²) in [6.45, 7) is 0.791. The van der Waals surface area contributed by atoms with Crippen molar-refractivity contribution >= 4 is 23.4 Å². The molecule has 10 heteroatoms. The van der Waals surface area contributed by atoms with Gasteiger partial charge in [-0.1, -0.05) is 12.1 Å². The molecule has 2 rings (SSSR count). The summed E-state index contributed by atoms with van der Waals surface area (Å²) in [7, 11) is 0. The third-order valence-electron chi connectivity index (χ3n) is 3.67. The van der Waals surface area contributed by atoms with Crippen LogP contribution in [0.5, 0.6) is 5.75 Å². The molecule has 1 aromatic carbocycles. The van der Waals surface area contributed by atoms with Gasteiger partial charge >= 0.3 is 18.0 Å². The van der Waals surface area contributed by atoms with Crippen molar-refractivity contribution in [1.29, 1.82) is 0 Å². The van der Waals surface area contributed by atoms with Crippen molar-refractivity contribution in [3.63, 3.8) is 0 Å². The van der Waals surface area contributed by atoms with E-state index in [1.807, 2.05) is 0 Å². The minimum Gasteiger partial charge on any atom is -0.482 e. The maximum atomic E-state index is 12.3. The molecular formula is C16H18F3N3O4. The Kier molecular flexibility index (Phi) is 6.06. The van der Waals surface area contributed by atoms with Crippen LogP contribution in [-0.4, -0.2) is 66.5 Å². The van der Waals surface area contributed by atoms with Crippen LogP contribution in [0.4, 0.5) is 18.9 Å². The quantitative estimate of drug-likeness (QED) is 0.762. The summed E-state index contributed by atoms with van der Waals surface area (Å²) in [4.78, 5) is 38.4. The number of nitrogens with one attached hydrogen (secondary N) is 1. The van der Waals surface area contributed by atoms with E-state index in [1.165, 1.54) is 29.2 Å². The van der Waals surface area contributed by atoms with Gasteiger partial charge in [-0.25, -0.2) is 0 Å². The Bertz CT molecular complexity index is 694. The van der Waals surface area contributed by atoms with Crippen molar-refractivity contribution in [3.8, 4) is 5.75 Å². The normalized spacial score (nSPS) is 15.2. The van der Waals surface area contributed by atoms with Gasteiger partial charge < -0.3 is 19.9 Å². The molecule has 1 heterocycles. The summed E-state index contributed by atoms with van der Waals surface area (Å²) < 4.78 is 41.6. The Balaban J connectivity index is 1.98. The number of amides is 3. The molecular weight excluding hydrogens is 355 g/mol. The highest BCUT2D eigenvalue weighted by Crippen LogP contribution is 2.26. The van der Waals surface area contributed by atoms with Crippen molar-refractivity contribution < 1.29 is 32.3 Å². The fraction of sp³-hybridized carbons (Fsp3) is 0.438. The summed E-state index contributed by atoms with van der Waals surface area (Å²) in [6, 6.07) is 5.65. The summed E-state index contributed by atoms with van der Waals surface area (Å²) >= 11 is 0. The number of piperazine rings is 1. The first-order chi connectivity index (χ1) is 12.2. The standard InChI is InChI=1S/C16H18F3N3O4/c1-2-21-7-8-22(15(25)14(21)24)9-13(23)20-11-5-3-4-6-12(11)26-10-16(17,18)19/h3-6H,2,7-10H2,1H3,(H,20,23). The Morgan fingerprint density at radius 2 is 1.77 bits per heavy atom. The minimum absolute atomic E-state index is 0.0488. The fourth-order valence-electron chi connectivity index (χ4n) is 2.39. The monoisotopic (exact) mass is 373 g/mol. The second-order valence-electron chi connectivity index (χ2n) is 5.56. The van der Waals surface area contributed by atoms with Gasteiger partial charge in [0.2, 0.25) is 5.91 Å². The van der Waals surface area contributed by atoms with Crippen LogP contribution >= 0.6 is 0 Å². The molecule has 1 N–H and O–H groups in total. The molecule has 0 spiro atoms. The van der Waals surface area contributed by atoms with E-state index in [9.17, 15) is 27.6 Å². The van der Waals surface area contributed by atoms with E-state index in [1.54, 1.807) is 6.92 Å². The van der Waals surface area contributed by atoms with Crippen LogP contribution in [0.1, 0.15) is 6.92 Å². The van der Waals surface area contributed by atoms with E-state index in [2.05, 4.69) is 10.1 Å². The van der Waals surface area contributed by atoms with E-state index < -0.39 is 30.5 Å². The number of carbonyl (C=O) groups is 3. The van der Waals surface area contributed by atoms with Gasteiger partial charge in [-0.3, -0.25) is 14.4 Å². The van der Waals surface area contributed by atoms with E-state index >= 15 is 0 Å². The highest BCUT2D eigenvalue weighted by molar-refractivity contribution is 6.35. The number of para-hydroxylation sites is 2. The van der Waals surface area contributed by atoms with Gasteiger partial charge in [-0.05, 0) is 19.1 Å². The molecule has 1 aliphatic rings. The van der Waals surface area contributed by atoms with Crippen molar-refractivity contribution in [1.82, 2.24) is 9.80 Å². The van der Waals surface area contributed by atoms with Crippen LogP contribution in [-0.2, 0) is 14.4 Å². The molecule has 0 aliphatic carbocycles.